The molecule has 0 aliphatic carbocycles. The zero-order chi connectivity index (χ0) is 17.4. The Bertz CT molecular complexity index is 592. The van der Waals surface area contributed by atoms with Gasteiger partial charge in [-0.15, -0.1) is 0 Å². The molecule has 2 aliphatic heterocycles. The van der Waals surface area contributed by atoms with Gasteiger partial charge in [0, 0.05) is 11.5 Å². The Morgan fingerprint density at radius 3 is 2.54 bits per heavy atom. The molecule has 4 atom stereocenters. The topological polar surface area (TPSA) is 63.2 Å². The molecule has 0 amide bonds. The lowest BCUT2D eigenvalue weighted by Gasteiger charge is -2.32. The molecule has 0 bridgehead atoms. The third-order valence-corrected chi connectivity index (χ3v) is 5.47. The van der Waals surface area contributed by atoms with Crippen LogP contribution in [-0.2, 0) is 23.7 Å². The lowest BCUT2D eigenvalue weighted by molar-refractivity contribution is -0.250. The fraction of sp³-hybridized carbons (Fsp3) is 0.588. The maximum absolute atomic E-state index is 12.2. The fourth-order valence-corrected chi connectivity index (χ4v) is 3.88. The number of methoxy groups -OCH3 is 1. The Morgan fingerprint density at radius 1 is 1.21 bits per heavy atom. The summed E-state index contributed by atoms with van der Waals surface area (Å²) in [5.41, 5.74) is -0.299. The fourth-order valence-electron chi connectivity index (χ4n) is 3.05. The average Bonchev–Trinajstić information content (AvgIpc) is 3.05. The summed E-state index contributed by atoms with van der Waals surface area (Å²) in [5.74, 6) is -1.12. The molecule has 3 unspecified atom stereocenters. The van der Waals surface area contributed by atoms with E-state index in [1.54, 1.807) is 31.4 Å². The van der Waals surface area contributed by atoms with Gasteiger partial charge in [-0.2, -0.15) is 0 Å². The van der Waals surface area contributed by atoms with Crippen LogP contribution < -0.4 is 0 Å². The third kappa shape index (κ3) is 3.32. The minimum absolute atomic E-state index is 0.0735. The summed E-state index contributed by atoms with van der Waals surface area (Å²) in [6.45, 7) is 3.78. The monoisotopic (exact) mass is 448 g/mol. The first-order valence-corrected chi connectivity index (χ1v) is 9.28. The van der Waals surface area contributed by atoms with E-state index in [1.807, 2.05) is 19.9 Å². The first-order valence-electron chi connectivity index (χ1n) is 7.75. The van der Waals surface area contributed by atoms with Gasteiger partial charge in [0.2, 0.25) is 0 Å². The number of esters is 1. The number of rotatable bonds is 5. The third-order valence-electron chi connectivity index (χ3n) is 4.18. The summed E-state index contributed by atoms with van der Waals surface area (Å²) in [5, 5.41) is 0. The number of halogens is 1. The van der Waals surface area contributed by atoms with Crippen LogP contribution in [0.2, 0.25) is 0 Å². The van der Waals surface area contributed by atoms with Crippen molar-refractivity contribution in [3.8, 4) is 0 Å². The number of fused-ring (bicyclic) bond motifs is 1. The summed E-state index contributed by atoms with van der Waals surface area (Å²) in [7, 11) is 1.57. The molecule has 132 valence electrons. The van der Waals surface area contributed by atoms with E-state index in [-0.39, 0.29) is 24.8 Å². The zero-order valence-corrected chi connectivity index (χ0v) is 16.0. The van der Waals surface area contributed by atoms with Gasteiger partial charge in [0.05, 0.1) is 5.56 Å². The Labute approximate surface area is 154 Å². The Kier molecular flexibility index (Phi) is 5.17. The van der Waals surface area contributed by atoms with Gasteiger partial charge in [0.25, 0.3) is 0 Å². The van der Waals surface area contributed by atoms with Crippen LogP contribution in [0.3, 0.4) is 0 Å². The van der Waals surface area contributed by atoms with Crippen LogP contribution in [0, 0.1) is 0 Å². The highest BCUT2D eigenvalue weighted by Crippen LogP contribution is 2.45. The molecule has 0 N–H and O–H groups in total. The lowest BCUT2D eigenvalue weighted by atomic mass is 9.98. The second-order valence-electron chi connectivity index (χ2n) is 6.38. The second-order valence-corrected chi connectivity index (χ2v) is 7.15. The number of carbonyl (C=O) groups is 1. The predicted octanol–water partition coefficient (Wildman–Crippen LogP) is 2.54. The number of hydrogen-bond donors (Lipinski definition) is 0. The van der Waals surface area contributed by atoms with E-state index >= 15 is 0 Å². The highest BCUT2D eigenvalue weighted by Gasteiger charge is 2.63. The molecule has 2 aliphatic rings. The molecule has 0 spiro atoms. The predicted molar refractivity (Wildman–Crippen MR) is 94.0 cm³/mol. The second kappa shape index (κ2) is 6.87. The molecule has 7 heteroatoms. The van der Waals surface area contributed by atoms with Crippen molar-refractivity contribution in [1.29, 1.82) is 0 Å². The number of hydrogen-bond acceptors (Lipinski definition) is 6. The molecule has 0 radical (unpaired) electrons. The summed E-state index contributed by atoms with van der Waals surface area (Å²) in [6, 6.07) is 8.87. The van der Waals surface area contributed by atoms with Crippen LogP contribution in [0.5, 0.6) is 0 Å². The standard InChI is InChI=1S/C17H21IO6/c1-16(2)22-12-13(23-16)17(9-18,24-15(12)20-3)10-21-14(19)11-7-5-4-6-8-11/h4-8,12-13,15H,9-10H2,1-3H3/t12?,13?,15-,17?/m1/s1. The maximum Gasteiger partial charge on any atom is 0.338 e. The first-order chi connectivity index (χ1) is 11.4. The number of ether oxygens (including phenoxy) is 5. The Morgan fingerprint density at radius 2 is 1.92 bits per heavy atom. The smallest absolute Gasteiger partial charge is 0.338 e. The summed E-state index contributed by atoms with van der Waals surface area (Å²) >= 11 is 2.21. The summed E-state index contributed by atoms with van der Waals surface area (Å²) < 4.78 is 29.5. The highest BCUT2D eigenvalue weighted by atomic mass is 127. The van der Waals surface area contributed by atoms with E-state index < -0.39 is 17.7 Å². The van der Waals surface area contributed by atoms with Crippen LogP contribution in [0.15, 0.2) is 30.3 Å². The van der Waals surface area contributed by atoms with Crippen molar-refractivity contribution >= 4 is 28.6 Å². The normalized spacial score (nSPS) is 34.1. The van der Waals surface area contributed by atoms with Crippen molar-refractivity contribution in [1.82, 2.24) is 0 Å². The molecule has 1 aromatic rings. The van der Waals surface area contributed by atoms with E-state index in [1.165, 1.54) is 0 Å². The van der Waals surface area contributed by atoms with Crippen molar-refractivity contribution in [3.63, 3.8) is 0 Å². The van der Waals surface area contributed by atoms with Crippen molar-refractivity contribution in [2.24, 2.45) is 0 Å². The Hall–Kier alpha value is -0.740. The van der Waals surface area contributed by atoms with E-state index in [0.717, 1.165) is 0 Å². The van der Waals surface area contributed by atoms with E-state index in [0.29, 0.717) is 9.99 Å². The van der Waals surface area contributed by atoms with E-state index in [2.05, 4.69) is 22.6 Å². The van der Waals surface area contributed by atoms with Gasteiger partial charge in [-0.25, -0.2) is 4.79 Å². The minimum atomic E-state index is -0.801. The molecule has 0 aromatic heterocycles. The largest absolute Gasteiger partial charge is 0.459 e. The van der Waals surface area contributed by atoms with Crippen molar-refractivity contribution in [3.05, 3.63) is 35.9 Å². The Balaban J connectivity index is 1.75. The van der Waals surface area contributed by atoms with Gasteiger partial charge in [0.15, 0.2) is 12.1 Å². The van der Waals surface area contributed by atoms with Gasteiger partial charge in [-0.05, 0) is 26.0 Å². The van der Waals surface area contributed by atoms with Crippen molar-refractivity contribution < 1.29 is 28.5 Å². The quantitative estimate of drug-likeness (QED) is 0.392. The summed E-state index contributed by atoms with van der Waals surface area (Å²) in [6.07, 6.45) is -1.27. The number of alkyl halides is 1. The molecule has 3 rings (SSSR count). The molecule has 6 nitrogen and oxygen atoms in total. The van der Waals surface area contributed by atoms with E-state index in [9.17, 15) is 4.79 Å². The number of carbonyl (C=O) groups excluding carboxylic acids is 1. The first kappa shape index (κ1) is 18.1. The maximum atomic E-state index is 12.2. The van der Waals surface area contributed by atoms with Gasteiger partial charge >= 0.3 is 5.97 Å². The molecular weight excluding hydrogens is 427 g/mol. The average molecular weight is 448 g/mol. The van der Waals surface area contributed by atoms with Crippen LogP contribution in [0.25, 0.3) is 0 Å². The molecule has 2 fully saturated rings. The van der Waals surface area contributed by atoms with Gasteiger partial charge < -0.3 is 23.7 Å². The molecule has 24 heavy (non-hydrogen) atoms. The van der Waals surface area contributed by atoms with Gasteiger partial charge in [0.1, 0.15) is 24.4 Å². The summed E-state index contributed by atoms with van der Waals surface area (Å²) in [4.78, 5) is 12.2. The zero-order valence-electron chi connectivity index (χ0n) is 13.9. The molecule has 2 saturated heterocycles. The molecule has 0 saturated carbocycles. The molecular formula is C17H21IO6. The lowest BCUT2D eigenvalue weighted by Crippen LogP contribution is -2.49. The van der Waals surface area contributed by atoms with E-state index in [4.69, 9.17) is 23.7 Å². The minimum Gasteiger partial charge on any atom is -0.459 e. The highest BCUT2D eigenvalue weighted by molar-refractivity contribution is 14.1. The van der Waals surface area contributed by atoms with Crippen LogP contribution in [0.4, 0.5) is 0 Å². The number of benzene rings is 1. The van der Waals surface area contributed by atoms with Crippen molar-refractivity contribution in [2.75, 3.05) is 18.1 Å². The van der Waals surface area contributed by atoms with Crippen molar-refractivity contribution in [2.45, 2.75) is 43.7 Å². The van der Waals surface area contributed by atoms with Gasteiger partial charge in [-0.3, -0.25) is 0 Å². The van der Waals surface area contributed by atoms with Crippen LogP contribution in [0.1, 0.15) is 24.2 Å². The molecule has 2 heterocycles. The molecule has 1 aromatic carbocycles. The SMILES string of the molecule is CO[C@@H]1OC(CI)(COC(=O)c2ccccc2)C2OC(C)(C)OC21. The van der Waals surface area contributed by atoms with Gasteiger partial charge in [-0.1, -0.05) is 40.8 Å². The van der Waals surface area contributed by atoms with Crippen LogP contribution in [-0.4, -0.2) is 54.0 Å². The van der Waals surface area contributed by atoms with Crippen LogP contribution >= 0.6 is 22.6 Å².